The Morgan fingerprint density at radius 2 is 1.84 bits per heavy atom. The van der Waals surface area contributed by atoms with Crippen LogP contribution in [0.15, 0.2) is 66.9 Å². The third kappa shape index (κ3) is 6.32. The fraction of sp³-hybridized carbons (Fsp3) is 0.353. The van der Waals surface area contributed by atoms with Crippen molar-refractivity contribution in [3.8, 4) is 11.5 Å². The molecule has 0 spiro atoms. The van der Waals surface area contributed by atoms with Crippen LogP contribution in [0.1, 0.15) is 47.7 Å². The first kappa shape index (κ1) is 28.6. The zero-order valence-corrected chi connectivity index (χ0v) is 24.8. The second kappa shape index (κ2) is 12.8. The van der Waals surface area contributed by atoms with Crippen molar-refractivity contribution < 1.29 is 19.1 Å². The molecule has 1 aromatic heterocycles. The molecule has 0 saturated carbocycles. The highest BCUT2D eigenvalue weighted by atomic mass is 16.6. The Bertz CT molecular complexity index is 1620. The second-order valence-electron chi connectivity index (χ2n) is 11.3. The molecule has 1 atom stereocenters. The van der Waals surface area contributed by atoms with Gasteiger partial charge in [-0.25, -0.2) is 4.79 Å². The van der Waals surface area contributed by atoms with Crippen LogP contribution < -0.4 is 25.0 Å². The van der Waals surface area contributed by atoms with Crippen molar-refractivity contribution in [3.05, 3.63) is 89.1 Å². The SMILES string of the molecule is COc1ccc2[nH]cc(CCNC(=O)CCCCNC(=O)Oc3ccc4c(c3)CN3CCc5ccccc5C3N4C)c2c1. The van der Waals surface area contributed by atoms with Crippen molar-refractivity contribution in [1.82, 2.24) is 20.5 Å². The second-order valence-corrected chi connectivity index (χ2v) is 11.3. The average molecular weight is 582 g/mol. The zero-order chi connectivity index (χ0) is 29.8. The number of rotatable bonds is 10. The summed E-state index contributed by atoms with van der Waals surface area (Å²) in [6.45, 7) is 2.83. The van der Waals surface area contributed by atoms with E-state index in [-0.39, 0.29) is 12.1 Å². The van der Waals surface area contributed by atoms with Crippen molar-refractivity contribution in [1.29, 1.82) is 0 Å². The summed E-state index contributed by atoms with van der Waals surface area (Å²) in [5.41, 5.74) is 7.29. The summed E-state index contributed by atoms with van der Waals surface area (Å²) in [5, 5.41) is 6.91. The van der Waals surface area contributed by atoms with Crippen LogP contribution in [0.2, 0.25) is 0 Å². The van der Waals surface area contributed by atoms with Gasteiger partial charge in [-0.05, 0) is 84.3 Å². The van der Waals surface area contributed by atoms with Gasteiger partial charge in [-0.1, -0.05) is 24.3 Å². The molecule has 3 N–H and O–H groups in total. The number of hydrogen-bond acceptors (Lipinski definition) is 6. The van der Waals surface area contributed by atoms with Gasteiger partial charge in [-0.3, -0.25) is 9.69 Å². The van der Waals surface area contributed by atoms with Crippen LogP contribution in [-0.2, 0) is 24.2 Å². The molecule has 6 rings (SSSR count). The van der Waals surface area contributed by atoms with E-state index in [1.54, 1.807) is 7.11 Å². The van der Waals surface area contributed by atoms with Gasteiger partial charge in [-0.15, -0.1) is 0 Å². The molecule has 1 unspecified atom stereocenters. The number of amides is 2. The predicted octanol–water partition coefficient (Wildman–Crippen LogP) is 5.30. The van der Waals surface area contributed by atoms with E-state index in [1.165, 1.54) is 11.1 Å². The first-order valence-corrected chi connectivity index (χ1v) is 15.0. The van der Waals surface area contributed by atoms with Gasteiger partial charge in [0.05, 0.1) is 7.11 Å². The highest BCUT2D eigenvalue weighted by molar-refractivity contribution is 5.84. The van der Waals surface area contributed by atoms with Gasteiger partial charge in [0.2, 0.25) is 5.91 Å². The lowest BCUT2D eigenvalue weighted by Crippen LogP contribution is -2.47. The number of ether oxygens (including phenoxy) is 2. The molecule has 2 aliphatic heterocycles. The highest BCUT2D eigenvalue weighted by Crippen LogP contribution is 2.42. The minimum Gasteiger partial charge on any atom is -0.497 e. The van der Waals surface area contributed by atoms with Crippen LogP contribution in [0, 0.1) is 0 Å². The topological polar surface area (TPSA) is 98.9 Å². The number of methoxy groups -OCH3 is 1. The van der Waals surface area contributed by atoms with Crippen molar-refractivity contribution >= 4 is 28.6 Å². The van der Waals surface area contributed by atoms with Crippen LogP contribution in [0.3, 0.4) is 0 Å². The van der Waals surface area contributed by atoms with E-state index in [4.69, 9.17) is 9.47 Å². The molecule has 9 heteroatoms. The Balaban J connectivity index is 0.908. The summed E-state index contributed by atoms with van der Waals surface area (Å²) in [7, 11) is 3.79. The number of carbonyl (C=O) groups excluding carboxylic acids is 2. The third-order valence-corrected chi connectivity index (χ3v) is 8.52. The predicted molar refractivity (Wildman–Crippen MR) is 168 cm³/mol. The lowest BCUT2D eigenvalue weighted by atomic mass is 9.93. The molecule has 0 fully saturated rings. The van der Waals surface area contributed by atoms with Crippen molar-refractivity contribution in [3.63, 3.8) is 0 Å². The molecular formula is C34H39N5O4. The van der Waals surface area contributed by atoms with Crippen molar-refractivity contribution in [2.24, 2.45) is 0 Å². The average Bonchev–Trinajstić information content (AvgIpc) is 3.42. The number of nitrogens with one attached hydrogen (secondary N) is 3. The fourth-order valence-electron chi connectivity index (χ4n) is 6.32. The Labute approximate surface area is 252 Å². The summed E-state index contributed by atoms with van der Waals surface area (Å²) in [5.74, 6) is 1.36. The first-order chi connectivity index (χ1) is 21.0. The molecule has 0 radical (unpaired) electrons. The number of carbonyl (C=O) groups is 2. The summed E-state index contributed by atoms with van der Waals surface area (Å²) in [4.78, 5) is 32.8. The van der Waals surface area contributed by atoms with Gasteiger partial charge in [0.15, 0.2) is 0 Å². The molecular weight excluding hydrogens is 542 g/mol. The number of benzene rings is 3. The van der Waals surface area contributed by atoms with E-state index in [0.717, 1.165) is 59.4 Å². The van der Waals surface area contributed by atoms with Gasteiger partial charge in [0.25, 0.3) is 0 Å². The third-order valence-electron chi connectivity index (χ3n) is 8.52. The normalized spacial score (nSPS) is 15.8. The van der Waals surface area contributed by atoms with Gasteiger partial charge in [0.1, 0.15) is 17.7 Å². The monoisotopic (exact) mass is 581 g/mol. The number of hydrogen-bond donors (Lipinski definition) is 3. The van der Waals surface area contributed by atoms with E-state index >= 15 is 0 Å². The fourth-order valence-corrected chi connectivity index (χ4v) is 6.32. The maximum Gasteiger partial charge on any atom is 0.412 e. The van der Waals surface area contributed by atoms with E-state index < -0.39 is 6.09 Å². The summed E-state index contributed by atoms with van der Waals surface area (Å²) in [6, 6.07) is 20.5. The summed E-state index contributed by atoms with van der Waals surface area (Å²) in [6.07, 6.45) is 5.28. The molecule has 3 aromatic carbocycles. The van der Waals surface area contributed by atoms with Crippen LogP contribution in [0.4, 0.5) is 10.5 Å². The van der Waals surface area contributed by atoms with Gasteiger partial charge >= 0.3 is 6.09 Å². The molecule has 224 valence electrons. The van der Waals surface area contributed by atoms with Crippen LogP contribution in [0.5, 0.6) is 11.5 Å². The van der Waals surface area contributed by atoms with E-state index in [2.05, 4.69) is 56.7 Å². The molecule has 0 bridgehead atoms. The van der Waals surface area contributed by atoms with Gasteiger partial charge < -0.3 is 30.0 Å². The van der Waals surface area contributed by atoms with Gasteiger partial charge in [-0.2, -0.15) is 0 Å². The van der Waals surface area contributed by atoms with Crippen molar-refractivity contribution in [2.45, 2.75) is 44.8 Å². The lowest BCUT2D eigenvalue weighted by molar-refractivity contribution is -0.121. The van der Waals surface area contributed by atoms with Crippen molar-refractivity contribution in [2.75, 3.05) is 38.7 Å². The highest BCUT2D eigenvalue weighted by Gasteiger charge is 2.35. The smallest absolute Gasteiger partial charge is 0.412 e. The quantitative estimate of drug-likeness (QED) is 0.220. The molecule has 43 heavy (non-hydrogen) atoms. The molecule has 2 aliphatic rings. The standard InChI is InChI=1S/C34H39N5O4/c1-38-31-13-11-27(19-25(31)22-39-18-15-23-7-3-4-8-28(23)33(38)39)43-34(41)36-16-6-5-9-32(40)35-17-14-24-21-37-30-12-10-26(42-2)20-29(24)30/h3-4,7-8,10-13,19-21,33,37H,5-6,9,14-18,22H2,1-2H3,(H,35,40)(H,36,41). The number of fused-ring (bicyclic) bond motifs is 5. The van der Waals surface area contributed by atoms with Crippen LogP contribution in [-0.4, -0.2) is 55.7 Å². The number of nitrogens with zero attached hydrogens (tertiary/aromatic N) is 2. The number of H-pyrrole nitrogens is 1. The first-order valence-electron chi connectivity index (χ1n) is 15.0. The minimum atomic E-state index is -0.478. The molecule has 4 aromatic rings. The molecule has 2 amide bonds. The maximum atomic E-state index is 12.5. The molecule has 9 nitrogen and oxygen atoms in total. The van der Waals surface area contributed by atoms with Gasteiger partial charge in [0, 0.05) is 62.4 Å². The number of anilines is 1. The summed E-state index contributed by atoms with van der Waals surface area (Å²) >= 11 is 0. The minimum absolute atomic E-state index is 0.0125. The Morgan fingerprint density at radius 3 is 2.72 bits per heavy atom. The Hall–Kier alpha value is -4.50. The number of aromatic amines is 1. The van der Waals surface area contributed by atoms with E-state index in [1.807, 2.05) is 42.6 Å². The van der Waals surface area contributed by atoms with Crippen LogP contribution in [0.25, 0.3) is 10.9 Å². The molecule has 0 aliphatic carbocycles. The van der Waals surface area contributed by atoms with E-state index in [0.29, 0.717) is 38.1 Å². The lowest BCUT2D eigenvalue weighted by Gasteiger charge is -2.47. The maximum absolute atomic E-state index is 12.5. The Kier molecular flexibility index (Phi) is 8.51. The molecule has 0 saturated heterocycles. The molecule has 3 heterocycles. The Morgan fingerprint density at radius 1 is 0.977 bits per heavy atom. The summed E-state index contributed by atoms with van der Waals surface area (Å²) < 4.78 is 10.9. The van der Waals surface area contributed by atoms with Crippen LogP contribution >= 0.6 is 0 Å². The zero-order valence-electron chi connectivity index (χ0n) is 24.8. The van der Waals surface area contributed by atoms with E-state index in [9.17, 15) is 9.59 Å². The largest absolute Gasteiger partial charge is 0.497 e. The number of aromatic nitrogens is 1. The number of unbranched alkanes of at least 4 members (excludes halogenated alkanes) is 1.